The number of aliphatic hydroxyl groups excluding tert-OH is 1. The van der Waals surface area contributed by atoms with Gasteiger partial charge in [0.1, 0.15) is 30.2 Å². The molecule has 57 heavy (non-hydrogen) atoms. The highest BCUT2D eigenvalue weighted by Crippen LogP contribution is 2.44. The molecule has 0 aromatic rings. The fourth-order valence-corrected chi connectivity index (χ4v) is 6.74. The van der Waals surface area contributed by atoms with Gasteiger partial charge in [0.15, 0.2) is 0 Å². The van der Waals surface area contributed by atoms with E-state index >= 15 is 0 Å². The van der Waals surface area contributed by atoms with Crippen LogP contribution in [-0.4, -0.2) is 122 Å². The molecule has 328 valence electrons. The monoisotopic (exact) mass is 865 g/mol. The molecule has 13 N–H and O–H groups in total. The molecule has 0 radical (unpaired) electrons. The molecule has 0 heterocycles. The standard InChI is InChI=1S/C35H70N11O8P3/c1-7-37-23(31(50)43-25(10-14-40-56)33(52)45-27(29(36)48)16-18(2)3)8-12-38-35(54)28(20(6)47)46-34(53)26(11-15-41-57)44-32(51)24(9-13-39-55)42-30(49)22-17-21(22)19(4)5/h18-28,37,39-41,47H,7-17,55-57H2,1-6H3,(H2,36,48)(H,38,54)(H,42,49)(H,43,50)(H,44,51)(H,45,52)(H,46,53). The molecule has 1 fully saturated rings. The molecule has 0 bridgehead atoms. The minimum Gasteiger partial charge on any atom is -0.391 e. The van der Waals surface area contributed by atoms with Crippen molar-refractivity contribution in [3.8, 4) is 0 Å². The van der Waals surface area contributed by atoms with E-state index in [4.69, 9.17) is 5.73 Å². The first-order valence-electron chi connectivity index (χ1n) is 19.7. The third kappa shape index (κ3) is 19.8. The molecule has 1 aliphatic carbocycles. The highest BCUT2D eigenvalue weighted by molar-refractivity contribution is 7.14. The first-order valence-corrected chi connectivity index (χ1v) is 21.5. The summed E-state index contributed by atoms with van der Waals surface area (Å²) in [6.45, 7) is 12.4. The number of hydrogen-bond acceptors (Lipinski definition) is 12. The fraction of sp³-hybridized carbons (Fsp3) is 0.800. The predicted molar refractivity (Wildman–Crippen MR) is 228 cm³/mol. The molecule has 0 aromatic carbocycles. The zero-order valence-electron chi connectivity index (χ0n) is 34.2. The average Bonchev–Trinajstić information content (AvgIpc) is 3.96. The second kappa shape index (κ2) is 28.0. The molecule has 22 heteroatoms. The van der Waals surface area contributed by atoms with Gasteiger partial charge in [0, 0.05) is 32.1 Å². The van der Waals surface area contributed by atoms with Crippen LogP contribution in [0.25, 0.3) is 0 Å². The van der Waals surface area contributed by atoms with Crippen LogP contribution in [0.2, 0.25) is 0 Å². The Labute approximate surface area is 344 Å². The number of rotatable bonds is 30. The molecule has 0 spiro atoms. The highest BCUT2D eigenvalue weighted by atomic mass is 31.0. The Morgan fingerprint density at radius 1 is 0.632 bits per heavy atom. The molecular weight excluding hydrogens is 795 g/mol. The van der Waals surface area contributed by atoms with Crippen LogP contribution >= 0.6 is 28.2 Å². The predicted octanol–water partition coefficient (Wildman–Crippen LogP) is -2.59. The largest absolute Gasteiger partial charge is 0.391 e. The lowest BCUT2D eigenvalue weighted by Gasteiger charge is -2.27. The number of likely N-dealkylation sites (N-methyl/N-ethyl adjacent to an activating group) is 1. The van der Waals surface area contributed by atoms with E-state index in [1.54, 1.807) is 6.92 Å². The maximum Gasteiger partial charge on any atom is 0.245 e. The van der Waals surface area contributed by atoms with Crippen molar-refractivity contribution in [1.82, 2.24) is 52.5 Å². The normalized spacial score (nSPS) is 18.6. The van der Waals surface area contributed by atoms with Gasteiger partial charge in [-0.15, -0.1) is 0 Å². The molecule has 12 atom stereocenters. The molecule has 19 nitrogen and oxygen atoms in total. The maximum absolute atomic E-state index is 13.6. The highest BCUT2D eigenvalue weighted by Gasteiger charge is 2.45. The van der Waals surface area contributed by atoms with Gasteiger partial charge in [0.25, 0.3) is 0 Å². The summed E-state index contributed by atoms with van der Waals surface area (Å²) in [6.07, 6.45) is 0.421. The van der Waals surface area contributed by atoms with Crippen LogP contribution in [-0.2, 0) is 33.6 Å². The summed E-state index contributed by atoms with van der Waals surface area (Å²) in [6, 6.07) is -6.20. The third-order valence-corrected chi connectivity index (χ3v) is 10.5. The molecule has 12 unspecified atom stereocenters. The maximum atomic E-state index is 13.6. The minimum atomic E-state index is -1.41. The molecule has 1 rings (SSSR count). The summed E-state index contributed by atoms with van der Waals surface area (Å²) in [4.78, 5) is 91.9. The molecule has 7 amide bonds. The molecule has 0 aromatic heterocycles. The number of hydrogen-bond donors (Lipinski definition) is 12. The van der Waals surface area contributed by atoms with Crippen molar-refractivity contribution >= 4 is 69.5 Å². The molecule has 0 saturated heterocycles. The lowest BCUT2D eigenvalue weighted by atomic mass is 10.0. The Bertz CT molecular complexity index is 1320. The third-order valence-electron chi connectivity index (χ3n) is 9.59. The number of amides is 7. The quantitative estimate of drug-likeness (QED) is 0.0332. The van der Waals surface area contributed by atoms with E-state index in [0.717, 1.165) is 6.42 Å². The van der Waals surface area contributed by atoms with E-state index in [1.165, 1.54) is 6.92 Å². The Morgan fingerprint density at radius 3 is 1.47 bits per heavy atom. The summed E-state index contributed by atoms with van der Waals surface area (Å²) in [5.41, 5.74) is 5.51. The topological polar surface area (TPSA) is 286 Å². The van der Waals surface area contributed by atoms with Crippen molar-refractivity contribution in [3.05, 3.63) is 0 Å². The van der Waals surface area contributed by atoms with Crippen molar-refractivity contribution in [2.45, 2.75) is 122 Å². The van der Waals surface area contributed by atoms with Crippen LogP contribution in [0.4, 0.5) is 0 Å². The van der Waals surface area contributed by atoms with Gasteiger partial charge in [-0.05, 0) is 69.7 Å². The smallest absolute Gasteiger partial charge is 0.245 e. The SMILES string of the molecule is CCNC(CCNC(=O)C(NC(=O)C(CCNP)NC(=O)C(CCNP)NC(=O)C1CC1C(C)C)C(C)O)C(=O)NC(CCNP)C(=O)NC(CC(C)C)C(N)=O. The van der Waals surface area contributed by atoms with Crippen LogP contribution in [0, 0.1) is 23.7 Å². The number of primary amides is 1. The first kappa shape index (κ1) is 52.4. The van der Waals surface area contributed by atoms with Gasteiger partial charge in [-0.25, -0.2) is 0 Å². The van der Waals surface area contributed by atoms with Crippen molar-refractivity contribution < 1.29 is 38.7 Å². The van der Waals surface area contributed by atoms with E-state index in [2.05, 4.69) is 94.5 Å². The van der Waals surface area contributed by atoms with Gasteiger partial charge in [0.05, 0.1) is 12.1 Å². The molecule has 0 aliphatic heterocycles. The van der Waals surface area contributed by atoms with Gasteiger partial charge >= 0.3 is 0 Å². The summed E-state index contributed by atoms with van der Waals surface area (Å²) in [7, 11) is 6.98. The molecular formula is C35H70N11O8P3. The van der Waals surface area contributed by atoms with E-state index in [0.29, 0.717) is 38.5 Å². The van der Waals surface area contributed by atoms with Crippen LogP contribution < -0.4 is 58.2 Å². The van der Waals surface area contributed by atoms with Gasteiger partial charge in [-0.2, -0.15) is 0 Å². The second-order valence-corrected chi connectivity index (χ2v) is 16.4. The summed E-state index contributed by atoms with van der Waals surface area (Å²) >= 11 is 0. The number of nitrogens with two attached hydrogens (primary N) is 1. The first-order chi connectivity index (χ1) is 26.9. The average molecular weight is 866 g/mol. The Hall–Kier alpha value is -2.62. The van der Waals surface area contributed by atoms with Gasteiger partial charge in [-0.1, -0.05) is 62.8 Å². The van der Waals surface area contributed by atoms with Crippen LogP contribution in [0.5, 0.6) is 0 Å². The second-order valence-electron chi connectivity index (χ2n) is 15.2. The van der Waals surface area contributed by atoms with E-state index < -0.39 is 77.8 Å². The Balaban J connectivity index is 2.99. The zero-order valence-corrected chi connectivity index (χ0v) is 37.7. The zero-order chi connectivity index (χ0) is 43.2. The van der Waals surface area contributed by atoms with E-state index in [-0.39, 0.29) is 55.9 Å². The van der Waals surface area contributed by atoms with Crippen molar-refractivity contribution in [2.24, 2.45) is 29.4 Å². The Morgan fingerprint density at radius 2 is 1.07 bits per heavy atom. The van der Waals surface area contributed by atoms with Gasteiger partial charge < -0.3 is 63.3 Å². The molecule has 1 aliphatic rings. The summed E-state index contributed by atoms with van der Waals surface area (Å²) < 4.78 is 0. The molecule has 1 saturated carbocycles. The van der Waals surface area contributed by atoms with Crippen LogP contribution in [0.1, 0.15) is 80.1 Å². The lowest BCUT2D eigenvalue weighted by molar-refractivity contribution is -0.135. The van der Waals surface area contributed by atoms with E-state index in [9.17, 15) is 38.7 Å². The summed E-state index contributed by atoms with van der Waals surface area (Å²) in [5.74, 6) is -3.47. The number of carbonyl (C=O) groups excluding carboxylic acids is 7. The number of aliphatic hydroxyl groups is 1. The fourth-order valence-electron chi connectivity index (χ4n) is 6.24. The number of nitrogens with one attached hydrogen (secondary N) is 10. The van der Waals surface area contributed by atoms with Gasteiger partial charge in [-0.3, -0.25) is 33.6 Å². The van der Waals surface area contributed by atoms with Gasteiger partial charge in [0.2, 0.25) is 41.4 Å². The van der Waals surface area contributed by atoms with Crippen molar-refractivity contribution in [1.29, 1.82) is 0 Å². The lowest BCUT2D eigenvalue weighted by Crippen LogP contribution is -2.59. The van der Waals surface area contributed by atoms with E-state index in [1.807, 2.05) is 13.8 Å². The Kier molecular flexibility index (Phi) is 25.7. The van der Waals surface area contributed by atoms with Crippen LogP contribution in [0.15, 0.2) is 0 Å². The summed E-state index contributed by atoms with van der Waals surface area (Å²) in [5, 5.41) is 38.3. The van der Waals surface area contributed by atoms with Crippen LogP contribution in [0.3, 0.4) is 0 Å². The van der Waals surface area contributed by atoms with Crippen molar-refractivity contribution in [3.63, 3.8) is 0 Å². The number of carbonyl (C=O) groups is 7. The van der Waals surface area contributed by atoms with Crippen molar-refractivity contribution in [2.75, 3.05) is 32.7 Å². The minimum absolute atomic E-state index is 0.0495.